The fraction of sp³-hybridized carbons (Fsp3) is 0.143. The predicted molar refractivity (Wildman–Crippen MR) is 231 cm³/mol. The highest BCUT2D eigenvalue weighted by Gasteiger charge is 2.41. The number of nitrogens with two attached hydrogens (primary N) is 1. The second-order valence-corrected chi connectivity index (χ2v) is 14.8. The van der Waals surface area contributed by atoms with E-state index in [1.165, 1.54) is 0 Å². The molecule has 0 saturated carbocycles. The molecule has 9 aromatic rings. The number of rotatable bonds is 13. The molecule has 0 saturated heterocycles. The number of carbonyl (C=O) groups excluding carboxylic acids is 1. The van der Waals surface area contributed by atoms with Crippen molar-refractivity contribution in [1.82, 2.24) is 39.3 Å². The Hall–Kier alpha value is -7.46. The normalized spacial score (nSPS) is 11.6. The maximum atomic E-state index is 11.3. The molecule has 9 rings (SSSR count). The van der Waals surface area contributed by atoms with Crippen LogP contribution in [0.25, 0.3) is 44.8 Å². The SMILES string of the molecule is CCc1nc2c(C)cc(-c3cn(CCC(N)=O)cn3)cc2n1Cc1ccc(-c2ccccc2-c2nnn(C(c3ccccc3)(c3ccccc3)c3ccccc3)n2)cc1. The molecule has 0 spiro atoms. The lowest BCUT2D eigenvalue weighted by Crippen LogP contribution is -2.39. The summed E-state index contributed by atoms with van der Waals surface area (Å²) >= 11 is 0. The number of aromatic nitrogens is 8. The Morgan fingerprint density at radius 3 is 1.95 bits per heavy atom. The molecule has 3 aromatic heterocycles. The van der Waals surface area contributed by atoms with Crippen molar-refractivity contribution in [2.75, 3.05) is 0 Å². The number of hydrogen-bond acceptors (Lipinski definition) is 6. The van der Waals surface area contributed by atoms with Gasteiger partial charge in [-0.2, -0.15) is 0 Å². The Balaban J connectivity index is 1.05. The van der Waals surface area contributed by atoms with Crippen LogP contribution < -0.4 is 5.73 Å². The summed E-state index contributed by atoms with van der Waals surface area (Å²) in [5.74, 6) is 1.23. The average molecular weight is 774 g/mol. The summed E-state index contributed by atoms with van der Waals surface area (Å²) in [5, 5.41) is 14.7. The minimum absolute atomic E-state index is 0.266. The smallest absolute Gasteiger partial charge is 0.219 e. The van der Waals surface area contributed by atoms with Gasteiger partial charge in [0.25, 0.3) is 0 Å². The van der Waals surface area contributed by atoms with E-state index in [1.807, 2.05) is 41.1 Å². The van der Waals surface area contributed by atoms with Crippen molar-refractivity contribution in [2.24, 2.45) is 5.73 Å². The molecule has 0 radical (unpaired) electrons. The van der Waals surface area contributed by atoms with Crippen LogP contribution in [0.4, 0.5) is 0 Å². The number of imidazole rings is 2. The van der Waals surface area contributed by atoms with E-state index >= 15 is 0 Å². The van der Waals surface area contributed by atoms with Crippen molar-refractivity contribution in [1.29, 1.82) is 0 Å². The number of carbonyl (C=O) groups is 1. The van der Waals surface area contributed by atoms with Crippen LogP contribution in [-0.4, -0.2) is 45.2 Å². The van der Waals surface area contributed by atoms with Gasteiger partial charge in [-0.05, 0) is 63.2 Å². The molecule has 0 bridgehead atoms. The van der Waals surface area contributed by atoms with E-state index in [1.54, 1.807) is 11.1 Å². The van der Waals surface area contributed by atoms with E-state index in [4.69, 9.17) is 26.1 Å². The van der Waals surface area contributed by atoms with E-state index in [2.05, 4.69) is 145 Å². The summed E-state index contributed by atoms with van der Waals surface area (Å²) in [6, 6.07) is 52.4. The van der Waals surface area contributed by atoms with Gasteiger partial charge in [-0.15, -0.1) is 15.0 Å². The molecular formula is C49H43N9O. The van der Waals surface area contributed by atoms with Gasteiger partial charge in [-0.3, -0.25) is 4.79 Å². The van der Waals surface area contributed by atoms with Crippen LogP contribution in [0.5, 0.6) is 0 Å². The summed E-state index contributed by atoms with van der Waals surface area (Å²) in [6.45, 7) is 5.39. The van der Waals surface area contributed by atoms with Crippen molar-refractivity contribution in [3.63, 3.8) is 0 Å². The fourth-order valence-corrected chi connectivity index (χ4v) is 8.16. The van der Waals surface area contributed by atoms with Crippen LogP contribution in [0.2, 0.25) is 0 Å². The zero-order chi connectivity index (χ0) is 40.3. The van der Waals surface area contributed by atoms with Crippen LogP contribution in [-0.2, 0) is 29.8 Å². The molecule has 0 fully saturated rings. The van der Waals surface area contributed by atoms with Gasteiger partial charge in [0.2, 0.25) is 11.7 Å². The largest absolute Gasteiger partial charge is 0.370 e. The number of benzene rings is 6. The topological polar surface area (TPSA) is 122 Å². The lowest BCUT2D eigenvalue weighted by atomic mass is 9.77. The van der Waals surface area contributed by atoms with Crippen LogP contribution in [0, 0.1) is 6.92 Å². The molecular weight excluding hydrogens is 731 g/mol. The van der Waals surface area contributed by atoms with Gasteiger partial charge in [0.1, 0.15) is 5.82 Å². The molecule has 0 unspecified atom stereocenters. The molecule has 0 aliphatic heterocycles. The minimum atomic E-state index is -0.868. The lowest BCUT2D eigenvalue weighted by Gasteiger charge is -2.34. The molecule has 0 aliphatic rings. The number of primary amides is 1. The molecule has 1 amide bonds. The molecule has 290 valence electrons. The third kappa shape index (κ3) is 6.99. The Labute approximate surface area is 342 Å². The van der Waals surface area contributed by atoms with Crippen LogP contribution in [0.1, 0.15) is 47.0 Å². The molecule has 6 aromatic carbocycles. The summed E-state index contributed by atoms with van der Waals surface area (Å²) in [5.41, 5.74) is 16.7. The van der Waals surface area contributed by atoms with Gasteiger partial charge in [0.05, 0.1) is 23.1 Å². The first-order chi connectivity index (χ1) is 28.9. The number of tetrazole rings is 1. The van der Waals surface area contributed by atoms with Gasteiger partial charge in [0, 0.05) is 43.3 Å². The Morgan fingerprint density at radius 2 is 1.34 bits per heavy atom. The van der Waals surface area contributed by atoms with E-state index < -0.39 is 5.54 Å². The Morgan fingerprint density at radius 1 is 0.729 bits per heavy atom. The number of amides is 1. The van der Waals surface area contributed by atoms with E-state index in [0.29, 0.717) is 18.9 Å². The highest BCUT2D eigenvalue weighted by molar-refractivity contribution is 5.85. The third-order valence-corrected chi connectivity index (χ3v) is 11.0. The minimum Gasteiger partial charge on any atom is -0.370 e. The van der Waals surface area contributed by atoms with Crippen molar-refractivity contribution in [2.45, 2.75) is 45.3 Å². The second-order valence-electron chi connectivity index (χ2n) is 14.8. The summed E-state index contributed by atoms with van der Waals surface area (Å²) in [6.07, 6.45) is 4.77. The van der Waals surface area contributed by atoms with Crippen LogP contribution in [0.3, 0.4) is 0 Å². The van der Waals surface area contributed by atoms with Crippen molar-refractivity contribution >= 4 is 16.9 Å². The summed E-state index contributed by atoms with van der Waals surface area (Å²) < 4.78 is 4.21. The highest BCUT2D eigenvalue weighted by Crippen LogP contribution is 2.40. The first kappa shape index (κ1) is 37.1. The number of aryl methyl sites for hydroxylation is 3. The number of fused-ring (bicyclic) bond motifs is 1. The standard InChI is InChI=1S/C49H43N9O/c1-3-46-52-47-34(2)29-37(43-32-56(33-51-43)28-27-45(50)59)30-44(47)57(46)31-35-23-25-36(26-24-35)41-21-13-14-22-42(41)48-53-55-58(54-48)49(38-15-7-4-8-16-38,39-17-9-5-10-18-39)40-19-11-6-12-20-40/h4-26,29-30,32-33H,3,27-28,31H2,1-2H3,(H2,50,59). The third-order valence-electron chi connectivity index (χ3n) is 11.0. The molecule has 2 N–H and O–H groups in total. The summed E-state index contributed by atoms with van der Waals surface area (Å²) in [4.78, 5) is 22.8. The van der Waals surface area contributed by atoms with Crippen LogP contribution >= 0.6 is 0 Å². The Kier molecular flexibility index (Phi) is 9.96. The number of hydrogen-bond donors (Lipinski definition) is 1. The van der Waals surface area contributed by atoms with Crippen molar-refractivity contribution < 1.29 is 4.79 Å². The number of nitrogens with zero attached hydrogens (tertiary/aromatic N) is 8. The molecule has 0 aliphatic carbocycles. The maximum absolute atomic E-state index is 11.3. The molecule has 59 heavy (non-hydrogen) atoms. The average Bonchev–Trinajstić information content (AvgIpc) is 4.05. The van der Waals surface area contributed by atoms with Crippen molar-refractivity contribution in [3.8, 4) is 33.8 Å². The monoisotopic (exact) mass is 773 g/mol. The Bertz CT molecular complexity index is 2780. The molecule has 10 heteroatoms. The van der Waals surface area contributed by atoms with Gasteiger partial charge in [0.15, 0.2) is 5.54 Å². The lowest BCUT2D eigenvalue weighted by molar-refractivity contribution is -0.118. The van der Waals surface area contributed by atoms with Crippen LogP contribution in [0.15, 0.2) is 164 Å². The fourth-order valence-electron chi connectivity index (χ4n) is 8.16. The zero-order valence-electron chi connectivity index (χ0n) is 33.0. The highest BCUT2D eigenvalue weighted by atomic mass is 16.1. The first-order valence-electron chi connectivity index (χ1n) is 19.9. The van der Waals surface area contributed by atoms with E-state index in [0.717, 1.165) is 79.0 Å². The van der Waals surface area contributed by atoms with Gasteiger partial charge in [-0.25, -0.2) is 9.97 Å². The summed E-state index contributed by atoms with van der Waals surface area (Å²) in [7, 11) is 0. The van der Waals surface area contributed by atoms with E-state index in [-0.39, 0.29) is 12.3 Å². The van der Waals surface area contributed by atoms with Gasteiger partial charge < -0.3 is 14.9 Å². The molecule has 10 nitrogen and oxygen atoms in total. The van der Waals surface area contributed by atoms with E-state index in [9.17, 15) is 4.79 Å². The molecule has 3 heterocycles. The quantitative estimate of drug-likeness (QED) is 0.117. The van der Waals surface area contributed by atoms with Gasteiger partial charge in [-0.1, -0.05) is 146 Å². The second kappa shape index (κ2) is 15.8. The predicted octanol–water partition coefficient (Wildman–Crippen LogP) is 8.86. The zero-order valence-corrected chi connectivity index (χ0v) is 33.0. The molecule has 0 atom stereocenters. The maximum Gasteiger partial charge on any atom is 0.219 e. The first-order valence-corrected chi connectivity index (χ1v) is 19.9. The van der Waals surface area contributed by atoms with Crippen molar-refractivity contribution in [3.05, 3.63) is 198 Å². The van der Waals surface area contributed by atoms with Gasteiger partial charge >= 0.3 is 0 Å².